The maximum absolute atomic E-state index is 2.44. The average Bonchev–Trinajstić information content (AvgIpc) is 1.50. The molecular weight excluding hydrogens is 1620 g/mol. The molecule has 4 nitrogen and oxygen atoms in total. The first kappa shape index (κ1) is 76.8. The quantitative estimate of drug-likeness (QED) is 0.144. The predicted molar refractivity (Wildman–Crippen MR) is 565 cm³/mol. The summed E-state index contributed by atoms with van der Waals surface area (Å²) in [6, 6.07) is 179. The third kappa shape index (κ3) is 11.8. The number of hydrogen-bond acceptors (Lipinski definition) is 0. The third-order valence-electron chi connectivity index (χ3n) is 29.5. The second kappa shape index (κ2) is 30.2. The Morgan fingerprint density at radius 2 is 0.418 bits per heavy atom. The summed E-state index contributed by atoms with van der Waals surface area (Å²) < 4.78 is 9.63. The van der Waals surface area contributed by atoms with Crippen LogP contribution in [0.1, 0.15) is 47.2 Å². The lowest BCUT2D eigenvalue weighted by Gasteiger charge is -2.30. The largest absolute Gasteiger partial charge is 0.309 e. The van der Waals surface area contributed by atoms with Gasteiger partial charge in [0.2, 0.25) is 0 Å². The molecule has 29 rings (SSSR count). The summed E-state index contributed by atoms with van der Waals surface area (Å²) in [5, 5.41) is 17.7. The van der Waals surface area contributed by atoms with E-state index in [1.165, 1.54) is 254 Å². The highest BCUT2D eigenvalue weighted by atomic mass is 15.0. The first-order chi connectivity index (χ1) is 66.2. The van der Waals surface area contributed by atoms with Crippen LogP contribution < -0.4 is 0 Å². The van der Waals surface area contributed by atoms with Crippen molar-refractivity contribution in [2.45, 2.75) is 24.7 Å². The molecule has 3 aliphatic carbocycles. The highest BCUT2D eigenvalue weighted by molar-refractivity contribution is 6.15. The van der Waals surface area contributed by atoms with Crippen LogP contribution in [-0.4, -0.2) is 18.3 Å². The average molecular weight is 1700 g/mol. The molecule has 0 unspecified atom stereocenters. The van der Waals surface area contributed by atoms with Gasteiger partial charge in [-0.2, -0.15) is 0 Å². The van der Waals surface area contributed by atoms with Gasteiger partial charge in [0.05, 0.1) is 49.5 Å². The lowest BCUT2D eigenvalue weighted by molar-refractivity contribution is 0.660. The van der Waals surface area contributed by atoms with Gasteiger partial charge in [0.1, 0.15) is 0 Å². The molecule has 4 aromatic heterocycles. The van der Waals surface area contributed by atoms with Crippen LogP contribution in [-0.2, 0) is 10.8 Å². The van der Waals surface area contributed by atoms with Gasteiger partial charge >= 0.3 is 0 Å². The molecule has 0 radical (unpaired) electrons. The molecule has 0 bridgehead atoms. The summed E-state index contributed by atoms with van der Waals surface area (Å²) in [4.78, 5) is 0. The van der Waals surface area contributed by atoms with Gasteiger partial charge in [-0.25, -0.2) is 0 Å². The Balaban J connectivity index is 0.000000103. The van der Waals surface area contributed by atoms with Gasteiger partial charge in [-0.1, -0.05) is 372 Å². The highest BCUT2D eigenvalue weighted by Gasteiger charge is 2.51. The van der Waals surface area contributed by atoms with Crippen LogP contribution >= 0.6 is 0 Å². The molecule has 0 saturated carbocycles. The molecule has 1 spiro atoms. The second-order valence-electron chi connectivity index (χ2n) is 36.9. The standard InChI is InChI=1S/C47H29N.C46H30N2.C37H27N/c1-2-12-31-27-34(24-21-30(31)11-1)48-45-20-10-6-16-38(45)39-25-22-33(29-46(39)48)32-23-26-44-40(28-32)37-15-5-9-19-43(37)47(44)41-17-7-3-13-35(41)36-14-4-8-18-42(36)47;1-2-15-37(16-3-1)47-43-19-8-6-17-39(43)41-29-35(22-25-45(41)47)32-13-10-14-33(27-32)36-23-26-46-42(30-36)40-18-7-9-20-44(40)48(46)38-24-21-31-11-4-5-12-34(31)28-38;1-37(2)33-13-7-5-11-29(33)32-22-26(17-20-34(32)37)27-16-19-31-30-12-6-8-14-35(30)38(36(31)23-27)28-18-15-24-9-3-4-10-25(24)21-28/h1-29H;1-30H;3-23H,1-2H3. The molecule has 26 aromatic rings. The number of benzene rings is 22. The zero-order valence-electron chi connectivity index (χ0n) is 74.0. The Labute approximate surface area is 776 Å². The van der Waals surface area contributed by atoms with Crippen LogP contribution in [0.5, 0.6) is 0 Å². The van der Waals surface area contributed by atoms with Crippen molar-refractivity contribution in [3.05, 3.63) is 519 Å². The smallest absolute Gasteiger partial charge is 0.0725 e. The molecule has 0 atom stereocenters. The van der Waals surface area contributed by atoms with Gasteiger partial charge in [-0.15, -0.1) is 0 Å². The number of fused-ring (bicyclic) bond motifs is 28. The number of aromatic nitrogens is 4. The summed E-state index contributed by atoms with van der Waals surface area (Å²) in [5.74, 6) is 0. The molecule has 22 aromatic carbocycles. The van der Waals surface area contributed by atoms with Crippen molar-refractivity contribution < 1.29 is 0 Å². The minimum absolute atomic E-state index is 0.0247. The number of rotatable bonds is 8. The van der Waals surface area contributed by atoms with E-state index in [2.05, 4.69) is 517 Å². The molecule has 0 N–H and O–H groups in total. The number of para-hydroxylation sites is 5. The van der Waals surface area contributed by atoms with Crippen molar-refractivity contribution in [2.24, 2.45) is 0 Å². The number of nitrogens with zero attached hydrogens (tertiary/aromatic N) is 4. The Kier molecular flexibility index (Phi) is 17.3. The summed E-state index contributed by atoms with van der Waals surface area (Å²) in [7, 11) is 0. The first-order valence-corrected chi connectivity index (χ1v) is 46.7. The molecule has 0 aliphatic heterocycles. The van der Waals surface area contributed by atoms with E-state index in [0.29, 0.717) is 0 Å². The van der Waals surface area contributed by atoms with Crippen molar-refractivity contribution in [3.63, 3.8) is 0 Å². The Morgan fingerprint density at radius 3 is 0.866 bits per heavy atom. The van der Waals surface area contributed by atoms with E-state index in [-0.39, 0.29) is 10.8 Å². The van der Waals surface area contributed by atoms with Gasteiger partial charge in [0.25, 0.3) is 0 Å². The van der Waals surface area contributed by atoms with E-state index in [0.717, 1.165) is 0 Å². The Morgan fingerprint density at radius 1 is 0.142 bits per heavy atom. The fraction of sp³-hybridized carbons (Fsp3) is 0.0308. The molecule has 4 heterocycles. The predicted octanol–water partition coefficient (Wildman–Crippen LogP) is 34.2. The first-order valence-electron chi connectivity index (χ1n) is 46.7. The normalized spacial score (nSPS) is 13.0. The van der Waals surface area contributed by atoms with Crippen molar-refractivity contribution >= 4 is 120 Å². The minimum atomic E-state index is -0.315. The van der Waals surface area contributed by atoms with Crippen LogP contribution in [0.25, 0.3) is 220 Å². The van der Waals surface area contributed by atoms with Gasteiger partial charge < -0.3 is 18.3 Å². The van der Waals surface area contributed by atoms with Gasteiger partial charge in [0.15, 0.2) is 0 Å². The van der Waals surface area contributed by atoms with E-state index < -0.39 is 0 Å². The summed E-state index contributed by atoms with van der Waals surface area (Å²) >= 11 is 0. The molecule has 0 amide bonds. The van der Waals surface area contributed by atoms with E-state index in [9.17, 15) is 0 Å². The monoisotopic (exact) mass is 1700 g/mol. The lowest BCUT2D eigenvalue weighted by atomic mass is 9.70. The van der Waals surface area contributed by atoms with Gasteiger partial charge in [-0.3, -0.25) is 0 Å². The van der Waals surface area contributed by atoms with Crippen LogP contribution in [0.2, 0.25) is 0 Å². The molecular formula is C130H86N4. The van der Waals surface area contributed by atoms with E-state index in [1.807, 2.05) is 0 Å². The maximum atomic E-state index is 2.44. The van der Waals surface area contributed by atoms with Crippen molar-refractivity contribution in [1.29, 1.82) is 0 Å². The second-order valence-corrected chi connectivity index (χ2v) is 36.9. The van der Waals surface area contributed by atoms with Gasteiger partial charge in [0, 0.05) is 71.3 Å². The molecule has 4 heteroatoms. The van der Waals surface area contributed by atoms with Crippen LogP contribution in [0.3, 0.4) is 0 Å². The van der Waals surface area contributed by atoms with Crippen molar-refractivity contribution in [2.75, 3.05) is 0 Å². The van der Waals surface area contributed by atoms with Crippen molar-refractivity contribution in [3.8, 4) is 101 Å². The Hall–Kier alpha value is -17.2. The van der Waals surface area contributed by atoms with Crippen LogP contribution in [0.4, 0.5) is 0 Å². The molecule has 134 heavy (non-hydrogen) atoms. The zero-order chi connectivity index (χ0) is 88.4. The van der Waals surface area contributed by atoms with E-state index in [1.54, 1.807) is 0 Å². The zero-order valence-corrected chi connectivity index (χ0v) is 74.0. The molecule has 0 fully saturated rings. The summed E-state index contributed by atoms with van der Waals surface area (Å²) in [6.07, 6.45) is 0. The topological polar surface area (TPSA) is 19.7 Å². The molecule has 0 saturated heterocycles. The fourth-order valence-corrected chi connectivity index (χ4v) is 23.3. The lowest BCUT2D eigenvalue weighted by Crippen LogP contribution is -2.25. The summed E-state index contributed by atoms with van der Waals surface area (Å²) in [6.45, 7) is 4.68. The van der Waals surface area contributed by atoms with E-state index >= 15 is 0 Å². The van der Waals surface area contributed by atoms with Crippen LogP contribution in [0, 0.1) is 0 Å². The summed E-state index contributed by atoms with van der Waals surface area (Å²) in [5.41, 5.74) is 40.4. The van der Waals surface area contributed by atoms with Crippen LogP contribution in [0.15, 0.2) is 485 Å². The molecule has 3 aliphatic rings. The Bertz CT molecular complexity index is 9340. The molecule has 626 valence electrons. The highest BCUT2D eigenvalue weighted by Crippen LogP contribution is 2.63. The van der Waals surface area contributed by atoms with Gasteiger partial charge in [-0.05, 0) is 271 Å². The number of hydrogen-bond donors (Lipinski definition) is 0. The maximum Gasteiger partial charge on any atom is 0.0725 e. The fourth-order valence-electron chi connectivity index (χ4n) is 23.3. The van der Waals surface area contributed by atoms with Crippen molar-refractivity contribution in [1.82, 2.24) is 18.3 Å². The van der Waals surface area contributed by atoms with E-state index in [4.69, 9.17) is 0 Å². The SMILES string of the molecule is CC1(C)c2ccccc2-c2cc(-c3ccc4c5ccccc5n(-c5ccc6ccccc6c5)c4c3)ccc21.c1ccc(-n2c3ccccc3c3cc(-c4cccc(-c5ccc6c(c5)c5ccccc5n6-c5ccc6ccccc6c5)c4)ccc32)cc1.c1ccc2c(c1)-c1ccccc1C21c2ccccc2-c2cc(-c3ccc4c5ccccc5n(-c5ccc6ccccc6c5)c4c3)ccc21. The minimum Gasteiger partial charge on any atom is -0.309 e. The third-order valence-corrected chi connectivity index (χ3v) is 29.5.